The highest BCUT2D eigenvalue weighted by atomic mass is 16.5. The minimum Gasteiger partial charge on any atom is -0.494 e. The van der Waals surface area contributed by atoms with Crippen LogP contribution in [0.1, 0.15) is 51.7 Å². The molecule has 0 saturated heterocycles. The van der Waals surface area contributed by atoms with E-state index in [1.54, 1.807) is 0 Å². The lowest BCUT2D eigenvalue weighted by molar-refractivity contribution is 0.151. The Bertz CT molecular complexity index is 303. The first-order valence-electron chi connectivity index (χ1n) is 6.54. The van der Waals surface area contributed by atoms with Crippen LogP contribution in [-0.2, 0) is 0 Å². The molecule has 0 fully saturated rings. The second-order valence-corrected chi connectivity index (χ2v) is 4.92. The van der Waals surface area contributed by atoms with Crippen LogP contribution in [0.2, 0.25) is 0 Å². The third-order valence-corrected chi connectivity index (χ3v) is 2.73. The summed E-state index contributed by atoms with van der Waals surface area (Å²) >= 11 is 0. The number of hydrogen-bond donors (Lipinski definition) is 1. The Balaban J connectivity index is 2.49. The molecule has 2 nitrogen and oxygen atoms in total. The summed E-state index contributed by atoms with van der Waals surface area (Å²) < 4.78 is 5.58. The average Bonchev–Trinajstić information content (AvgIpc) is 2.29. The van der Waals surface area contributed by atoms with Gasteiger partial charge in [0.05, 0.1) is 12.7 Å². The maximum absolute atomic E-state index is 9.96. The fourth-order valence-electron chi connectivity index (χ4n) is 1.70. The van der Waals surface area contributed by atoms with Crippen molar-refractivity contribution in [1.82, 2.24) is 0 Å². The van der Waals surface area contributed by atoms with E-state index in [9.17, 15) is 5.11 Å². The van der Waals surface area contributed by atoms with Crippen LogP contribution in [0.15, 0.2) is 24.3 Å². The number of unbranched alkanes of at least 4 members (excludes halogenated alkanes) is 1. The van der Waals surface area contributed by atoms with Crippen molar-refractivity contribution in [3.8, 4) is 5.75 Å². The van der Waals surface area contributed by atoms with Gasteiger partial charge in [0.25, 0.3) is 0 Å². The Morgan fingerprint density at radius 1 is 1.18 bits per heavy atom. The summed E-state index contributed by atoms with van der Waals surface area (Å²) in [5.41, 5.74) is 0.974. The smallest absolute Gasteiger partial charge is 0.119 e. The Kier molecular flexibility index (Phi) is 6.06. The van der Waals surface area contributed by atoms with E-state index < -0.39 is 0 Å². The molecular weight excluding hydrogens is 212 g/mol. The van der Waals surface area contributed by atoms with E-state index in [4.69, 9.17) is 4.74 Å². The number of rotatable bonds is 7. The van der Waals surface area contributed by atoms with Gasteiger partial charge in [0.2, 0.25) is 0 Å². The van der Waals surface area contributed by atoms with Crippen LogP contribution >= 0.6 is 0 Å². The molecule has 0 radical (unpaired) electrons. The SMILES string of the molecule is CCCCOc1ccc(C(O)CC(C)C)cc1. The molecule has 96 valence electrons. The van der Waals surface area contributed by atoms with Gasteiger partial charge in [0.15, 0.2) is 0 Å². The van der Waals surface area contributed by atoms with Gasteiger partial charge in [-0.3, -0.25) is 0 Å². The monoisotopic (exact) mass is 236 g/mol. The van der Waals surface area contributed by atoms with Crippen molar-refractivity contribution < 1.29 is 9.84 Å². The molecule has 0 aliphatic heterocycles. The van der Waals surface area contributed by atoms with Gasteiger partial charge in [-0.1, -0.05) is 39.3 Å². The second kappa shape index (κ2) is 7.33. The van der Waals surface area contributed by atoms with E-state index in [2.05, 4.69) is 20.8 Å². The molecule has 1 aromatic carbocycles. The predicted molar refractivity (Wildman–Crippen MR) is 71.3 cm³/mol. The normalized spacial score (nSPS) is 12.8. The van der Waals surface area contributed by atoms with Gasteiger partial charge in [-0.25, -0.2) is 0 Å². The van der Waals surface area contributed by atoms with Crippen molar-refractivity contribution in [3.63, 3.8) is 0 Å². The van der Waals surface area contributed by atoms with Crippen molar-refractivity contribution >= 4 is 0 Å². The van der Waals surface area contributed by atoms with Gasteiger partial charge >= 0.3 is 0 Å². The summed E-state index contributed by atoms with van der Waals surface area (Å²) in [5, 5.41) is 9.96. The summed E-state index contributed by atoms with van der Waals surface area (Å²) in [5.74, 6) is 1.39. The summed E-state index contributed by atoms with van der Waals surface area (Å²) in [4.78, 5) is 0. The highest BCUT2D eigenvalue weighted by molar-refractivity contribution is 5.28. The molecule has 0 spiro atoms. The number of hydrogen-bond acceptors (Lipinski definition) is 2. The van der Waals surface area contributed by atoms with E-state index in [1.165, 1.54) is 0 Å². The minimum absolute atomic E-state index is 0.361. The maximum atomic E-state index is 9.96. The summed E-state index contributed by atoms with van der Waals surface area (Å²) in [7, 11) is 0. The van der Waals surface area contributed by atoms with E-state index >= 15 is 0 Å². The van der Waals surface area contributed by atoms with Crippen molar-refractivity contribution in [2.24, 2.45) is 5.92 Å². The zero-order chi connectivity index (χ0) is 12.7. The van der Waals surface area contributed by atoms with Crippen LogP contribution in [0.25, 0.3) is 0 Å². The lowest BCUT2D eigenvalue weighted by Crippen LogP contribution is -2.02. The first-order chi connectivity index (χ1) is 8.13. The molecule has 1 atom stereocenters. The van der Waals surface area contributed by atoms with Gasteiger partial charge < -0.3 is 9.84 Å². The highest BCUT2D eigenvalue weighted by Crippen LogP contribution is 2.23. The first-order valence-corrected chi connectivity index (χ1v) is 6.54. The van der Waals surface area contributed by atoms with Crippen LogP contribution < -0.4 is 4.74 Å². The van der Waals surface area contributed by atoms with Crippen LogP contribution in [-0.4, -0.2) is 11.7 Å². The number of benzene rings is 1. The van der Waals surface area contributed by atoms with Gasteiger partial charge in [0.1, 0.15) is 5.75 Å². The molecule has 2 heteroatoms. The molecule has 0 bridgehead atoms. The molecule has 0 heterocycles. The fourth-order valence-corrected chi connectivity index (χ4v) is 1.70. The molecule has 1 N–H and O–H groups in total. The average molecular weight is 236 g/mol. The third kappa shape index (κ3) is 5.22. The summed E-state index contributed by atoms with van der Waals surface area (Å²) in [6, 6.07) is 7.78. The molecule has 17 heavy (non-hydrogen) atoms. The topological polar surface area (TPSA) is 29.5 Å². The van der Waals surface area contributed by atoms with E-state index in [0.29, 0.717) is 5.92 Å². The Morgan fingerprint density at radius 3 is 2.35 bits per heavy atom. The first kappa shape index (κ1) is 14.0. The van der Waals surface area contributed by atoms with Crippen LogP contribution in [0, 0.1) is 5.92 Å². The van der Waals surface area contributed by atoms with E-state index in [1.807, 2.05) is 24.3 Å². The number of ether oxygens (including phenoxy) is 1. The Labute approximate surface area is 105 Å². The zero-order valence-electron chi connectivity index (χ0n) is 11.1. The lowest BCUT2D eigenvalue weighted by atomic mass is 10.00. The standard InChI is InChI=1S/C15H24O2/c1-4-5-10-17-14-8-6-13(7-9-14)15(16)11-12(2)3/h6-9,12,15-16H,4-5,10-11H2,1-3H3. The van der Waals surface area contributed by atoms with Gasteiger partial charge in [-0.05, 0) is 36.5 Å². The van der Waals surface area contributed by atoms with Gasteiger partial charge in [0, 0.05) is 0 Å². The predicted octanol–water partition coefficient (Wildman–Crippen LogP) is 3.95. The zero-order valence-corrected chi connectivity index (χ0v) is 11.1. The highest BCUT2D eigenvalue weighted by Gasteiger charge is 2.09. The van der Waals surface area contributed by atoms with Crippen LogP contribution in [0.4, 0.5) is 0 Å². The maximum Gasteiger partial charge on any atom is 0.119 e. The lowest BCUT2D eigenvalue weighted by Gasteiger charge is -2.14. The molecule has 0 aromatic heterocycles. The quantitative estimate of drug-likeness (QED) is 0.726. The number of aliphatic hydroxyl groups is 1. The summed E-state index contributed by atoms with van der Waals surface area (Å²) in [6.45, 7) is 7.15. The van der Waals surface area contributed by atoms with E-state index in [-0.39, 0.29) is 6.10 Å². The fraction of sp³-hybridized carbons (Fsp3) is 0.600. The molecule has 1 aromatic rings. The second-order valence-electron chi connectivity index (χ2n) is 4.92. The third-order valence-electron chi connectivity index (χ3n) is 2.73. The Morgan fingerprint density at radius 2 is 1.82 bits per heavy atom. The summed E-state index contributed by atoms with van der Waals surface area (Å²) in [6.07, 6.45) is 2.67. The van der Waals surface area contributed by atoms with Crippen molar-refractivity contribution in [3.05, 3.63) is 29.8 Å². The molecule has 1 rings (SSSR count). The minimum atomic E-state index is -0.361. The van der Waals surface area contributed by atoms with Crippen molar-refractivity contribution in [1.29, 1.82) is 0 Å². The molecule has 0 aliphatic rings. The van der Waals surface area contributed by atoms with Gasteiger partial charge in [-0.2, -0.15) is 0 Å². The molecule has 1 unspecified atom stereocenters. The van der Waals surface area contributed by atoms with Gasteiger partial charge in [-0.15, -0.1) is 0 Å². The van der Waals surface area contributed by atoms with Crippen molar-refractivity contribution in [2.75, 3.05) is 6.61 Å². The van der Waals surface area contributed by atoms with E-state index in [0.717, 1.165) is 37.2 Å². The molecular formula is C15H24O2. The van der Waals surface area contributed by atoms with Crippen LogP contribution in [0.5, 0.6) is 5.75 Å². The number of aliphatic hydroxyl groups excluding tert-OH is 1. The van der Waals surface area contributed by atoms with Crippen molar-refractivity contribution in [2.45, 2.75) is 46.1 Å². The Hall–Kier alpha value is -1.02. The van der Waals surface area contributed by atoms with Crippen LogP contribution in [0.3, 0.4) is 0 Å². The molecule has 0 aliphatic carbocycles. The molecule has 0 saturated carbocycles. The largest absolute Gasteiger partial charge is 0.494 e. The molecule has 0 amide bonds.